The maximum absolute atomic E-state index is 16.7. The van der Waals surface area contributed by atoms with Crippen LogP contribution in [0.1, 0.15) is 40.5 Å². The lowest BCUT2D eigenvalue weighted by Crippen LogP contribution is -2.66. The van der Waals surface area contributed by atoms with Gasteiger partial charge in [-0.05, 0) is 49.8 Å². The van der Waals surface area contributed by atoms with Crippen LogP contribution in [-0.2, 0) is 14.4 Å². The van der Waals surface area contributed by atoms with E-state index < -0.39 is 33.8 Å². The second kappa shape index (κ2) is 5.13. The topological polar surface area (TPSA) is 71.4 Å². The standard InChI is InChI=1S/C22H25FO4/c1-12-9-17-16-6-5-14-10-15(25)7-8-19(14,3)21(16,23)18(26)11-20(17,4)22(12,27)13(2)24/h5-8,10,12,16-17,27H,9,11H2,1-4H3/t12-,16-,17-,19-,20-,21-,22-/m0/s1. The molecule has 2 fully saturated rings. The number of halogens is 1. The molecule has 4 aliphatic rings. The van der Waals surface area contributed by atoms with Crippen molar-refractivity contribution in [2.75, 3.05) is 0 Å². The second-order valence-corrected chi connectivity index (χ2v) is 9.22. The molecule has 0 heterocycles. The van der Waals surface area contributed by atoms with Crippen LogP contribution < -0.4 is 0 Å². The highest BCUT2D eigenvalue weighted by Gasteiger charge is 2.74. The van der Waals surface area contributed by atoms with E-state index in [0.29, 0.717) is 12.0 Å². The van der Waals surface area contributed by atoms with E-state index in [1.54, 1.807) is 32.9 Å². The number of hydrogen-bond acceptors (Lipinski definition) is 4. The summed E-state index contributed by atoms with van der Waals surface area (Å²) in [6.07, 6.45) is 7.92. The quantitative estimate of drug-likeness (QED) is 0.768. The van der Waals surface area contributed by atoms with Crippen molar-refractivity contribution in [1.29, 1.82) is 0 Å². The molecule has 144 valence electrons. The summed E-state index contributed by atoms with van der Waals surface area (Å²) in [5.41, 5.74) is -5.57. The van der Waals surface area contributed by atoms with E-state index in [9.17, 15) is 19.5 Å². The molecule has 27 heavy (non-hydrogen) atoms. The molecule has 0 aliphatic heterocycles. The van der Waals surface area contributed by atoms with Gasteiger partial charge in [-0.1, -0.05) is 32.1 Å². The summed E-state index contributed by atoms with van der Waals surface area (Å²) < 4.78 is 16.7. The molecular weight excluding hydrogens is 347 g/mol. The maximum atomic E-state index is 16.7. The number of hydrogen-bond donors (Lipinski definition) is 1. The maximum Gasteiger partial charge on any atom is 0.187 e. The number of ketones is 3. The van der Waals surface area contributed by atoms with Crippen molar-refractivity contribution in [2.45, 2.75) is 51.8 Å². The fourth-order valence-corrected chi connectivity index (χ4v) is 6.50. The van der Waals surface area contributed by atoms with Gasteiger partial charge in [0, 0.05) is 17.8 Å². The average Bonchev–Trinajstić information content (AvgIpc) is 2.79. The number of carbonyl (C=O) groups excluding carboxylic acids is 3. The highest BCUT2D eigenvalue weighted by Crippen LogP contribution is 2.68. The highest BCUT2D eigenvalue weighted by atomic mass is 19.1. The summed E-state index contributed by atoms with van der Waals surface area (Å²) in [4.78, 5) is 37.4. The molecule has 0 bridgehead atoms. The lowest BCUT2D eigenvalue weighted by Gasteiger charge is -2.57. The summed E-state index contributed by atoms with van der Waals surface area (Å²) in [7, 11) is 0. The van der Waals surface area contributed by atoms with Crippen molar-refractivity contribution in [3.63, 3.8) is 0 Å². The third-order valence-electron chi connectivity index (χ3n) is 8.09. The lowest BCUT2D eigenvalue weighted by atomic mass is 9.47. The zero-order valence-corrected chi connectivity index (χ0v) is 16.1. The van der Waals surface area contributed by atoms with Crippen LogP contribution >= 0.6 is 0 Å². The molecule has 4 rings (SSSR count). The van der Waals surface area contributed by atoms with Gasteiger partial charge in [0.15, 0.2) is 23.0 Å². The first-order chi connectivity index (χ1) is 12.4. The van der Waals surface area contributed by atoms with Crippen LogP contribution in [0.2, 0.25) is 0 Å². The molecule has 0 aromatic rings. The van der Waals surface area contributed by atoms with Gasteiger partial charge in [0.1, 0.15) is 5.60 Å². The van der Waals surface area contributed by atoms with E-state index in [0.717, 1.165) is 0 Å². The van der Waals surface area contributed by atoms with E-state index >= 15 is 4.39 Å². The molecule has 0 radical (unpaired) electrons. The van der Waals surface area contributed by atoms with Gasteiger partial charge in [-0.15, -0.1) is 0 Å². The smallest absolute Gasteiger partial charge is 0.187 e. The zero-order chi connectivity index (χ0) is 20.0. The number of fused-ring (bicyclic) bond motifs is 5. The fourth-order valence-electron chi connectivity index (χ4n) is 6.50. The molecule has 5 heteroatoms. The van der Waals surface area contributed by atoms with Gasteiger partial charge >= 0.3 is 0 Å². The molecule has 7 atom stereocenters. The number of aliphatic hydroxyl groups is 1. The summed E-state index contributed by atoms with van der Waals surface area (Å²) in [6, 6.07) is 0. The van der Waals surface area contributed by atoms with Crippen molar-refractivity contribution >= 4 is 17.3 Å². The highest BCUT2D eigenvalue weighted by molar-refractivity contribution is 6.03. The molecule has 4 nitrogen and oxygen atoms in total. The lowest BCUT2D eigenvalue weighted by molar-refractivity contribution is -0.178. The summed E-state index contributed by atoms with van der Waals surface area (Å²) in [5, 5.41) is 11.3. The van der Waals surface area contributed by atoms with Crippen molar-refractivity contribution < 1.29 is 23.9 Å². The molecule has 0 aromatic carbocycles. The van der Waals surface area contributed by atoms with E-state index in [-0.39, 0.29) is 29.8 Å². The number of alkyl halides is 1. The van der Waals surface area contributed by atoms with Gasteiger partial charge in [-0.25, -0.2) is 4.39 Å². The van der Waals surface area contributed by atoms with E-state index in [4.69, 9.17) is 0 Å². The van der Waals surface area contributed by atoms with Crippen LogP contribution in [0.25, 0.3) is 0 Å². The largest absolute Gasteiger partial charge is 0.381 e. The van der Waals surface area contributed by atoms with Crippen LogP contribution in [0.15, 0.2) is 36.0 Å². The number of Topliss-reactive ketones (excluding diaryl/α,β-unsaturated/α-hetero) is 2. The Morgan fingerprint density at radius 1 is 1.26 bits per heavy atom. The van der Waals surface area contributed by atoms with Gasteiger partial charge in [0.2, 0.25) is 0 Å². The monoisotopic (exact) mass is 372 g/mol. The second-order valence-electron chi connectivity index (χ2n) is 9.22. The predicted octanol–water partition coefficient (Wildman–Crippen LogP) is 2.91. The number of carbonyl (C=O) groups is 3. The van der Waals surface area contributed by atoms with Gasteiger partial charge in [0.05, 0.1) is 5.41 Å². The van der Waals surface area contributed by atoms with Crippen molar-refractivity contribution in [2.24, 2.45) is 28.6 Å². The van der Waals surface area contributed by atoms with Crippen LogP contribution in [0.5, 0.6) is 0 Å². The molecule has 0 unspecified atom stereocenters. The van der Waals surface area contributed by atoms with Crippen molar-refractivity contribution in [3.8, 4) is 0 Å². The molecule has 1 N–H and O–H groups in total. The van der Waals surface area contributed by atoms with Crippen molar-refractivity contribution in [1.82, 2.24) is 0 Å². The fraction of sp³-hybridized carbons (Fsp3) is 0.591. The Morgan fingerprint density at radius 3 is 2.56 bits per heavy atom. The predicted molar refractivity (Wildman–Crippen MR) is 97.4 cm³/mol. The van der Waals surface area contributed by atoms with Crippen LogP contribution in [0.4, 0.5) is 4.39 Å². The third kappa shape index (κ3) is 1.84. The minimum absolute atomic E-state index is 0.191. The van der Waals surface area contributed by atoms with E-state index in [2.05, 4.69) is 0 Å². The first-order valence-corrected chi connectivity index (χ1v) is 9.52. The van der Waals surface area contributed by atoms with Crippen LogP contribution in [-0.4, -0.2) is 33.7 Å². The summed E-state index contributed by atoms with van der Waals surface area (Å²) in [6.45, 7) is 6.56. The Balaban J connectivity index is 1.92. The molecule has 0 saturated heterocycles. The molecule has 2 saturated carbocycles. The minimum atomic E-state index is -2.20. The first kappa shape index (κ1) is 18.5. The summed E-state index contributed by atoms with van der Waals surface area (Å²) >= 11 is 0. The number of allylic oxidation sites excluding steroid dienone is 6. The molecule has 4 aliphatic carbocycles. The summed E-state index contributed by atoms with van der Waals surface area (Å²) in [5.74, 6) is -2.64. The van der Waals surface area contributed by atoms with E-state index in [1.807, 2.05) is 0 Å². The Morgan fingerprint density at radius 2 is 1.93 bits per heavy atom. The van der Waals surface area contributed by atoms with Gasteiger partial charge in [-0.3, -0.25) is 14.4 Å². The molecule has 0 amide bonds. The molecule has 0 spiro atoms. The third-order valence-corrected chi connectivity index (χ3v) is 8.09. The first-order valence-electron chi connectivity index (χ1n) is 9.52. The van der Waals surface area contributed by atoms with Crippen LogP contribution in [0, 0.1) is 28.6 Å². The average molecular weight is 372 g/mol. The Bertz CT molecular complexity index is 870. The van der Waals surface area contributed by atoms with Gasteiger partial charge < -0.3 is 5.11 Å². The van der Waals surface area contributed by atoms with Crippen LogP contribution in [0.3, 0.4) is 0 Å². The Labute approximate surface area is 158 Å². The Kier molecular flexibility index (Phi) is 3.51. The molecular formula is C22H25FO4. The normalized spacial score (nSPS) is 50.7. The molecule has 0 aromatic heterocycles. The Hall–Kier alpha value is -1.88. The zero-order valence-electron chi connectivity index (χ0n) is 16.1. The van der Waals surface area contributed by atoms with E-state index in [1.165, 1.54) is 25.2 Å². The van der Waals surface area contributed by atoms with Crippen molar-refractivity contribution in [3.05, 3.63) is 36.0 Å². The SMILES string of the molecule is CC(=O)[C@@]1(O)[C@@H](C)C[C@H]2[C@@H]3C=CC4=CC(=O)C=C[C@]4(C)[C@@]3(F)C(=O)C[C@@]21C. The minimum Gasteiger partial charge on any atom is -0.381 e. The van der Waals surface area contributed by atoms with Gasteiger partial charge in [-0.2, -0.15) is 0 Å². The number of rotatable bonds is 1. The van der Waals surface area contributed by atoms with Gasteiger partial charge in [0.25, 0.3) is 0 Å².